The normalized spacial score (nSPS) is 49.8. The van der Waals surface area contributed by atoms with Crippen LogP contribution in [0.25, 0.3) is 0 Å². The number of aliphatic hydroxyl groups excluding tert-OH is 1. The molecule has 0 unspecified atom stereocenters. The Labute approximate surface area is 185 Å². The van der Waals surface area contributed by atoms with Gasteiger partial charge in [-0.05, 0) is 125 Å². The first-order chi connectivity index (χ1) is 13.9. The summed E-state index contributed by atoms with van der Waals surface area (Å²) in [6.07, 6.45) is 13.1. The van der Waals surface area contributed by atoms with E-state index in [0.29, 0.717) is 23.2 Å². The van der Waals surface area contributed by atoms with E-state index < -0.39 is 11.2 Å². The largest absolute Gasteiger partial charge is 0.393 e. The molecule has 0 saturated heterocycles. The Morgan fingerprint density at radius 1 is 0.967 bits per heavy atom. The minimum atomic E-state index is -0.607. The zero-order valence-electron chi connectivity index (χ0n) is 20.3. The van der Waals surface area contributed by atoms with Gasteiger partial charge in [0.1, 0.15) is 0 Å². The third-order valence-corrected chi connectivity index (χ3v) is 11.1. The van der Waals surface area contributed by atoms with Gasteiger partial charge in [0.25, 0.3) is 0 Å². The molecular formula is C27H48O3. The maximum Gasteiger partial charge on any atom is 0.0729 e. The van der Waals surface area contributed by atoms with E-state index in [1.807, 2.05) is 13.8 Å². The fraction of sp³-hybridized carbons (Fsp3) is 1.00. The van der Waals surface area contributed by atoms with Crippen molar-refractivity contribution in [3.05, 3.63) is 0 Å². The molecule has 0 radical (unpaired) electrons. The Hall–Kier alpha value is -0.120. The standard InChI is InChI=1S/C27H48O3/c1-18(7-6-13-24(2,3)29)27(30)16-12-23-21-9-8-19-17-20(28)10-14-25(19,4)22(21)11-15-26(23,27)5/h18-23,28-30H,6-17H2,1-5H3/t18-,19+,20+,21-,22+,23+,25+,26+,27+/m1/s1. The van der Waals surface area contributed by atoms with Crippen molar-refractivity contribution >= 4 is 0 Å². The highest BCUT2D eigenvalue weighted by molar-refractivity contribution is 5.15. The van der Waals surface area contributed by atoms with Crippen molar-refractivity contribution in [3.63, 3.8) is 0 Å². The quantitative estimate of drug-likeness (QED) is 0.535. The molecule has 3 nitrogen and oxygen atoms in total. The van der Waals surface area contributed by atoms with Gasteiger partial charge in [-0.25, -0.2) is 0 Å². The highest BCUT2D eigenvalue weighted by atomic mass is 16.3. The van der Waals surface area contributed by atoms with Crippen molar-refractivity contribution in [2.75, 3.05) is 0 Å². The third-order valence-electron chi connectivity index (χ3n) is 11.1. The molecule has 4 saturated carbocycles. The fourth-order valence-electron chi connectivity index (χ4n) is 9.18. The van der Waals surface area contributed by atoms with Crippen molar-refractivity contribution in [1.82, 2.24) is 0 Å². The van der Waals surface area contributed by atoms with Gasteiger partial charge >= 0.3 is 0 Å². The maximum absolute atomic E-state index is 12.1. The molecule has 30 heavy (non-hydrogen) atoms. The second kappa shape index (κ2) is 7.73. The van der Waals surface area contributed by atoms with Crippen LogP contribution in [0.5, 0.6) is 0 Å². The molecule has 4 rings (SSSR count). The first-order valence-corrected chi connectivity index (χ1v) is 13.0. The summed E-state index contributed by atoms with van der Waals surface area (Å²) in [6, 6.07) is 0. The molecule has 0 amide bonds. The van der Waals surface area contributed by atoms with Gasteiger partial charge in [-0.1, -0.05) is 27.2 Å². The molecule has 4 fully saturated rings. The number of rotatable bonds is 5. The summed E-state index contributed by atoms with van der Waals surface area (Å²) in [5, 5.41) is 32.4. The lowest BCUT2D eigenvalue weighted by Crippen LogP contribution is -2.58. The molecular weight excluding hydrogens is 372 g/mol. The molecule has 4 aliphatic carbocycles. The van der Waals surface area contributed by atoms with E-state index in [1.165, 1.54) is 32.1 Å². The summed E-state index contributed by atoms with van der Waals surface area (Å²) in [5.74, 6) is 3.20. The third kappa shape index (κ3) is 3.59. The van der Waals surface area contributed by atoms with E-state index in [9.17, 15) is 15.3 Å². The molecule has 0 aromatic carbocycles. The average molecular weight is 421 g/mol. The highest BCUT2D eigenvalue weighted by Gasteiger charge is 2.65. The monoisotopic (exact) mass is 420 g/mol. The van der Waals surface area contributed by atoms with E-state index in [-0.39, 0.29) is 11.5 Å². The highest BCUT2D eigenvalue weighted by Crippen LogP contribution is 2.69. The first kappa shape index (κ1) is 23.1. The zero-order chi connectivity index (χ0) is 21.9. The van der Waals surface area contributed by atoms with Crippen molar-refractivity contribution < 1.29 is 15.3 Å². The van der Waals surface area contributed by atoms with Gasteiger partial charge in [-0.3, -0.25) is 0 Å². The lowest BCUT2D eigenvalue weighted by atomic mass is 9.44. The van der Waals surface area contributed by atoms with Crippen LogP contribution in [0.3, 0.4) is 0 Å². The summed E-state index contributed by atoms with van der Waals surface area (Å²) in [5.41, 5.74) is -0.713. The van der Waals surface area contributed by atoms with Crippen molar-refractivity contribution in [2.24, 2.45) is 40.4 Å². The minimum absolute atomic E-state index is 0.0414. The van der Waals surface area contributed by atoms with Crippen molar-refractivity contribution in [3.8, 4) is 0 Å². The molecule has 4 aliphatic rings. The Morgan fingerprint density at radius 3 is 2.37 bits per heavy atom. The summed E-state index contributed by atoms with van der Waals surface area (Å²) in [7, 11) is 0. The summed E-state index contributed by atoms with van der Waals surface area (Å²) >= 11 is 0. The summed E-state index contributed by atoms with van der Waals surface area (Å²) < 4.78 is 0. The van der Waals surface area contributed by atoms with Crippen LogP contribution in [0.4, 0.5) is 0 Å². The second-order valence-corrected chi connectivity index (χ2v) is 13.1. The van der Waals surface area contributed by atoms with Crippen molar-refractivity contribution in [1.29, 1.82) is 0 Å². The minimum Gasteiger partial charge on any atom is -0.393 e. The Morgan fingerprint density at radius 2 is 1.67 bits per heavy atom. The molecule has 0 heterocycles. The molecule has 3 N–H and O–H groups in total. The number of hydrogen-bond donors (Lipinski definition) is 3. The molecule has 0 aromatic heterocycles. The lowest BCUT2D eigenvalue weighted by molar-refractivity contribution is -0.173. The summed E-state index contributed by atoms with van der Waals surface area (Å²) in [6.45, 7) is 11.0. The Bertz CT molecular complexity index is 626. The van der Waals surface area contributed by atoms with Crippen LogP contribution in [-0.2, 0) is 0 Å². The number of hydrogen-bond acceptors (Lipinski definition) is 3. The van der Waals surface area contributed by atoms with Gasteiger partial charge in [0.05, 0.1) is 17.3 Å². The molecule has 0 bridgehead atoms. The van der Waals surface area contributed by atoms with Crippen LogP contribution in [-0.4, -0.2) is 32.6 Å². The molecule has 0 aromatic rings. The first-order valence-electron chi connectivity index (χ1n) is 13.0. The van der Waals surface area contributed by atoms with E-state index in [4.69, 9.17) is 0 Å². The van der Waals surface area contributed by atoms with Crippen LogP contribution < -0.4 is 0 Å². The number of fused-ring (bicyclic) bond motifs is 5. The van der Waals surface area contributed by atoms with Crippen LogP contribution in [0.2, 0.25) is 0 Å². The van der Waals surface area contributed by atoms with Gasteiger partial charge in [-0.15, -0.1) is 0 Å². The van der Waals surface area contributed by atoms with Gasteiger partial charge in [0.2, 0.25) is 0 Å². The van der Waals surface area contributed by atoms with Crippen LogP contribution in [0, 0.1) is 40.4 Å². The van der Waals surface area contributed by atoms with Gasteiger partial charge < -0.3 is 15.3 Å². The van der Waals surface area contributed by atoms with Crippen molar-refractivity contribution in [2.45, 2.75) is 129 Å². The SMILES string of the molecule is C[C@H](CCCC(C)(C)O)[C@@]1(O)CC[C@H]2[C@@H]3CC[C@H]4C[C@@H](O)CC[C@]4(C)[C@H]3CC[C@@]21C. The average Bonchev–Trinajstić information content (AvgIpc) is 2.93. The predicted octanol–water partition coefficient (Wildman–Crippen LogP) is 5.70. The summed E-state index contributed by atoms with van der Waals surface area (Å²) in [4.78, 5) is 0. The maximum atomic E-state index is 12.1. The molecule has 174 valence electrons. The Balaban J connectivity index is 1.50. The van der Waals surface area contributed by atoms with Crippen LogP contribution in [0.1, 0.15) is 112 Å². The number of aliphatic hydroxyl groups is 3. The lowest BCUT2D eigenvalue weighted by Gasteiger charge is -2.62. The Kier molecular flexibility index (Phi) is 5.94. The van der Waals surface area contributed by atoms with E-state index >= 15 is 0 Å². The van der Waals surface area contributed by atoms with Crippen LogP contribution in [0.15, 0.2) is 0 Å². The van der Waals surface area contributed by atoms with Gasteiger partial charge in [0, 0.05) is 0 Å². The molecule has 0 aliphatic heterocycles. The molecule has 9 atom stereocenters. The topological polar surface area (TPSA) is 60.7 Å². The van der Waals surface area contributed by atoms with Crippen LogP contribution >= 0.6 is 0 Å². The fourth-order valence-corrected chi connectivity index (χ4v) is 9.18. The molecule has 3 heteroatoms. The van der Waals surface area contributed by atoms with E-state index in [0.717, 1.165) is 56.8 Å². The predicted molar refractivity (Wildman–Crippen MR) is 122 cm³/mol. The van der Waals surface area contributed by atoms with E-state index in [2.05, 4.69) is 20.8 Å². The second-order valence-electron chi connectivity index (χ2n) is 13.1. The van der Waals surface area contributed by atoms with E-state index in [1.54, 1.807) is 0 Å². The van der Waals surface area contributed by atoms with Gasteiger partial charge in [0.15, 0.2) is 0 Å². The van der Waals surface area contributed by atoms with Gasteiger partial charge in [-0.2, -0.15) is 0 Å². The smallest absolute Gasteiger partial charge is 0.0729 e. The molecule has 0 spiro atoms. The zero-order valence-corrected chi connectivity index (χ0v) is 20.3.